The molecule has 1 N–H and O–H groups in total. The number of amides is 2. The summed E-state index contributed by atoms with van der Waals surface area (Å²) < 4.78 is 0. The van der Waals surface area contributed by atoms with Crippen LogP contribution in [-0.4, -0.2) is 33.7 Å². The van der Waals surface area contributed by atoms with Crippen LogP contribution < -0.4 is 5.32 Å². The summed E-state index contributed by atoms with van der Waals surface area (Å²) in [6.45, 7) is 0.535. The molecule has 0 bridgehead atoms. The topological polar surface area (TPSA) is 61.8 Å². The van der Waals surface area contributed by atoms with Crippen molar-refractivity contribution in [3.63, 3.8) is 0 Å². The number of hydrogen-bond donors (Lipinski definition) is 1. The van der Waals surface area contributed by atoms with Crippen LogP contribution in [0.4, 0.5) is 11.4 Å². The van der Waals surface area contributed by atoms with Crippen LogP contribution in [0.2, 0.25) is 5.02 Å². The average molecular weight is 478 g/mol. The summed E-state index contributed by atoms with van der Waals surface area (Å²) in [7, 11) is 0. The minimum Gasteiger partial charge on any atom is -0.325 e. The lowest BCUT2D eigenvalue weighted by atomic mass is 10.1. The van der Waals surface area contributed by atoms with E-state index >= 15 is 0 Å². The number of rotatable bonds is 7. The van der Waals surface area contributed by atoms with Gasteiger partial charge in [-0.25, -0.2) is 4.99 Å². The summed E-state index contributed by atoms with van der Waals surface area (Å²) in [5, 5.41) is 3.43. The molecule has 0 radical (unpaired) electrons. The zero-order valence-electron chi connectivity index (χ0n) is 18.0. The Bertz CT molecular complexity index is 1140. The van der Waals surface area contributed by atoms with E-state index in [1.54, 1.807) is 17.0 Å². The van der Waals surface area contributed by atoms with Crippen LogP contribution in [0.15, 0.2) is 89.9 Å². The molecule has 1 atom stereocenters. The van der Waals surface area contributed by atoms with Gasteiger partial charge >= 0.3 is 0 Å². The molecule has 1 fully saturated rings. The Morgan fingerprint density at radius 1 is 1.03 bits per heavy atom. The maximum Gasteiger partial charge on any atom is 0.238 e. The van der Waals surface area contributed by atoms with Gasteiger partial charge in [-0.15, -0.1) is 0 Å². The van der Waals surface area contributed by atoms with Crippen LogP contribution in [0, 0.1) is 0 Å². The van der Waals surface area contributed by atoms with Crippen molar-refractivity contribution >= 4 is 51.7 Å². The Balaban J connectivity index is 1.51. The normalized spacial score (nSPS) is 17.2. The lowest BCUT2D eigenvalue weighted by Crippen LogP contribution is -2.45. The van der Waals surface area contributed by atoms with E-state index < -0.39 is 5.25 Å². The molecule has 1 aliphatic rings. The Hall–Kier alpha value is -3.09. The minimum absolute atomic E-state index is 0.101. The summed E-state index contributed by atoms with van der Waals surface area (Å²) in [6, 6.07) is 26.6. The Labute approximate surface area is 202 Å². The summed E-state index contributed by atoms with van der Waals surface area (Å²) in [5.74, 6) is -0.307. The highest BCUT2D eigenvalue weighted by atomic mass is 35.5. The second-order valence-corrected chi connectivity index (χ2v) is 9.28. The molecule has 0 aromatic heterocycles. The van der Waals surface area contributed by atoms with E-state index in [4.69, 9.17) is 16.6 Å². The first-order valence-electron chi connectivity index (χ1n) is 10.8. The van der Waals surface area contributed by atoms with Crippen molar-refractivity contribution in [1.82, 2.24) is 4.90 Å². The number of hydrogen-bond acceptors (Lipinski definition) is 4. The number of carbonyl (C=O) groups is 2. The van der Waals surface area contributed by atoms with Crippen molar-refractivity contribution in [3.05, 3.63) is 95.5 Å². The molecule has 168 valence electrons. The molecular weight excluding hydrogens is 454 g/mol. The number of anilines is 1. The molecule has 5 nitrogen and oxygen atoms in total. The van der Waals surface area contributed by atoms with Crippen LogP contribution in [0.1, 0.15) is 18.4 Å². The van der Waals surface area contributed by atoms with E-state index in [1.165, 1.54) is 17.3 Å². The Morgan fingerprint density at radius 3 is 2.48 bits per heavy atom. The molecule has 1 aliphatic heterocycles. The zero-order chi connectivity index (χ0) is 23.0. The molecule has 3 aromatic rings. The largest absolute Gasteiger partial charge is 0.325 e. The van der Waals surface area contributed by atoms with Gasteiger partial charge in [0.25, 0.3) is 0 Å². The third-order valence-electron chi connectivity index (χ3n) is 5.20. The van der Waals surface area contributed by atoms with E-state index in [0.717, 1.165) is 12.8 Å². The van der Waals surface area contributed by atoms with Crippen molar-refractivity contribution in [3.8, 4) is 0 Å². The van der Waals surface area contributed by atoms with Gasteiger partial charge in [0.15, 0.2) is 5.17 Å². The average Bonchev–Trinajstić information content (AvgIpc) is 2.82. The fourth-order valence-electron chi connectivity index (χ4n) is 3.55. The zero-order valence-corrected chi connectivity index (χ0v) is 19.6. The number of para-hydroxylation sites is 1. The van der Waals surface area contributed by atoms with Crippen LogP contribution in [0.25, 0.3) is 0 Å². The molecule has 0 aliphatic carbocycles. The fraction of sp³-hybridized carbons (Fsp3) is 0.192. The number of halogens is 1. The SMILES string of the molecule is O=C(Nc1ccccc1)C1CC(=O)N(CCCc2ccccc2)C(=Nc2cccc(Cl)c2)S1. The molecular formula is C26H24ClN3O2S. The van der Waals surface area contributed by atoms with E-state index in [-0.39, 0.29) is 18.2 Å². The summed E-state index contributed by atoms with van der Waals surface area (Å²) in [6.07, 6.45) is 1.78. The summed E-state index contributed by atoms with van der Waals surface area (Å²) in [4.78, 5) is 32.4. The van der Waals surface area contributed by atoms with Crippen molar-refractivity contribution in [1.29, 1.82) is 0 Å². The highest BCUT2D eigenvalue weighted by Gasteiger charge is 2.35. The second-order valence-electron chi connectivity index (χ2n) is 7.67. The van der Waals surface area contributed by atoms with E-state index in [0.29, 0.717) is 28.1 Å². The molecule has 3 aromatic carbocycles. The molecule has 1 heterocycles. The van der Waals surface area contributed by atoms with Gasteiger partial charge in [-0.3, -0.25) is 14.5 Å². The lowest BCUT2D eigenvalue weighted by Gasteiger charge is -2.32. The van der Waals surface area contributed by atoms with Crippen molar-refractivity contribution in [2.24, 2.45) is 4.99 Å². The minimum atomic E-state index is -0.555. The van der Waals surface area contributed by atoms with Gasteiger partial charge in [0.1, 0.15) is 5.25 Å². The Kier molecular flexibility index (Phi) is 7.81. The van der Waals surface area contributed by atoms with E-state index in [9.17, 15) is 9.59 Å². The van der Waals surface area contributed by atoms with Gasteiger partial charge in [0, 0.05) is 23.7 Å². The number of amidine groups is 1. The van der Waals surface area contributed by atoms with Crippen molar-refractivity contribution in [2.45, 2.75) is 24.5 Å². The van der Waals surface area contributed by atoms with Crippen molar-refractivity contribution < 1.29 is 9.59 Å². The van der Waals surface area contributed by atoms with Gasteiger partial charge in [0.2, 0.25) is 11.8 Å². The highest BCUT2D eigenvalue weighted by molar-refractivity contribution is 8.15. The second kappa shape index (κ2) is 11.2. The molecule has 33 heavy (non-hydrogen) atoms. The first kappa shape index (κ1) is 23.1. The van der Waals surface area contributed by atoms with Gasteiger partial charge in [-0.2, -0.15) is 0 Å². The van der Waals surface area contributed by atoms with Crippen LogP contribution in [0.5, 0.6) is 0 Å². The molecule has 0 saturated carbocycles. The number of nitrogens with zero attached hydrogens (tertiary/aromatic N) is 2. The number of aryl methyl sites for hydroxylation is 1. The van der Waals surface area contributed by atoms with Gasteiger partial charge in [0.05, 0.1) is 5.69 Å². The standard InChI is InChI=1S/C26H24ClN3O2S/c27-20-12-7-15-22(17-20)29-26-30(16-8-11-19-9-3-1-4-10-19)24(31)18-23(33-26)25(32)28-21-13-5-2-6-14-21/h1-7,9-10,12-15,17,23H,8,11,16,18H2,(H,28,32). The van der Waals surface area contributed by atoms with Gasteiger partial charge in [-0.05, 0) is 48.7 Å². The summed E-state index contributed by atoms with van der Waals surface area (Å²) >= 11 is 7.45. The van der Waals surface area contributed by atoms with Crippen LogP contribution in [-0.2, 0) is 16.0 Å². The molecule has 2 amide bonds. The third kappa shape index (κ3) is 6.46. The van der Waals surface area contributed by atoms with Gasteiger partial charge < -0.3 is 5.32 Å². The molecule has 0 spiro atoms. The third-order valence-corrected chi connectivity index (χ3v) is 6.62. The Morgan fingerprint density at radius 2 is 1.76 bits per heavy atom. The number of carbonyl (C=O) groups excluding carboxylic acids is 2. The predicted octanol–water partition coefficient (Wildman–Crippen LogP) is 5.93. The van der Waals surface area contributed by atoms with Crippen LogP contribution >= 0.6 is 23.4 Å². The first-order chi connectivity index (χ1) is 16.1. The van der Waals surface area contributed by atoms with Crippen LogP contribution in [0.3, 0.4) is 0 Å². The smallest absolute Gasteiger partial charge is 0.238 e. The molecule has 1 unspecified atom stereocenters. The highest BCUT2D eigenvalue weighted by Crippen LogP contribution is 2.31. The first-order valence-corrected chi connectivity index (χ1v) is 12.1. The van der Waals surface area contributed by atoms with E-state index in [1.807, 2.05) is 60.7 Å². The number of nitrogens with one attached hydrogen (secondary N) is 1. The number of benzene rings is 3. The lowest BCUT2D eigenvalue weighted by molar-refractivity contribution is -0.129. The molecule has 7 heteroatoms. The van der Waals surface area contributed by atoms with Gasteiger partial charge in [-0.1, -0.05) is 78.0 Å². The van der Waals surface area contributed by atoms with Crippen molar-refractivity contribution in [2.75, 3.05) is 11.9 Å². The monoisotopic (exact) mass is 477 g/mol. The molecule has 4 rings (SSSR count). The van der Waals surface area contributed by atoms with E-state index in [2.05, 4.69) is 17.4 Å². The maximum atomic E-state index is 13.1. The molecule has 1 saturated heterocycles. The fourth-order valence-corrected chi connectivity index (χ4v) is 4.86. The quantitative estimate of drug-likeness (QED) is 0.458. The maximum absolute atomic E-state index is 13.1. The number of thioether (sulfide) groups is 1. The summed E-state index contributed by atoms with van der Waals surface area (Å²) in [5.41, 5.74) is 2.58. The number of aliphatic imine (C=N–C) groups is 1. The predicted molar refractivity (Wildman–Crippen MR) is 136 cm³/mol.